The summed E-state index contributed by atoms with van der Waals surface area (Å²) in [5.74, 6) is -3.60. The van der Waals surface area contributed by atoms with Gasteiger partial charge in [0.2, 0.25) is 0 Å². The number of anilines is 1. The van der Waals surface area contributed by atoms with Gasteiger partial charge in [0.1, 0.15) is 5.54 Å². The molecule has 1 aromatic heterocycles. The van der Waals surface area contributed by atoms with E-state index in [-0.39, 0.29) is 11.8 Å². The highest BCUT2D eigenvalue weighted by atomic mass is 32.1. The second-order valence-electron chi connectivity index (χ2n) is 8.48. The molecule has 0 aliphatic heterocycles. The molecule has 0 aliphatic rings. The second-order valence-corrected chi connectivity index (χ2v) is 9.34. The summed E-state index contributed by atoms with van der Waals surface area (Å²) >= 11 is 1.25. The van der Waals surface area contributed by atoms with Crippen LogP contribution in [0.5, 0.6) is 0 Å². The Bertz CT molecular complexity index is 1200. The molecule has 4 rings (SSSR count). The standard InChI is InChI=1S/C29H28N2O4S/c1-3-20(2)35-27(34)25(26(32)33)24-19-36-28(30-24)31-29(21-13-7-4-8-14-21,22-15-9-5-10-16-22)23-17-11-6-12-18-23/h4-20,25H,3H2,1-2H3,(H,30,31)(H,32,33). The summed E-state index contributed by atoms with van der Waals surface area (Å²) in [6, 6.07) is 30.1. The highest BCUT2D eigenvalue weighted by Crippen LogP contribution is 2.41. The van der Waals surface area contributed by atoms with Crippen LogP contribution in [0.15, 0.2) is 96.4 Å². The zero-order chi connectivity index (χ0) is 25.5. The van der Waals surface area contributed by atoms with Crippen molar-refractivity contribution in [1.82, 2.24) is 4.98 Å². The fourth-order valence-electron chi connectivity index (χ4n) is 4.12. The largest absolute Gasteiger partial charge is 0.480 e. The molecule has 6 nitrogen and oxygen atoms in total. The Hall–Kier alpha value is -3.97. The van der Waals surface area contributed by atoms with E-state index in [1.54, 1.807) is 12.3 Å². The molecule has 2 atom stereocenters. The Balaban J connectivity index is 1.81. The Morgan fingerprint density at radius 3 is 1.81 bits per heavy atom. The van der Waals surface area contributed by atoms with Gasteiger partial charge in [-0.05, 0) is 30.0 Å². The number of benzene rings is 3. The fourth-order valence-corrected chi connectivity index (χ4v) is 4.91. The summed E-state index contributed by atoms with van der Waals surface area (Å²) in [4.78, 5) is 29.2. The van der Waals surface area contributed by atoms with Gasteiger partial charge in [-0.2, -0.15) is 0 Å². The molecule has 36 heavy (non-hydrogen) atoms. The van der Waals surface area contributed by atoms with Crippen LogP contribution in [-0.4, -0.2) is 28.1 Å². The minimum atomic E-state index is -1.50. The first-order valence-electron chi connectivity index (χ1n) is 11.8. The van der Waals surface area contributed by atoms with Gasteiger partial charge in [0.05, 0.1) is 11.8 Å². The molecule has 0 saturated carbocycles. The average molecular weight is 501 g/mol. The number of aromatic nitrogens is 1. The molecule has 4 aromatic rings. The number of carbonyl (C=O) groups excluding carboxylic acids is 1. The van der Waals surface area contributed by atoms with Gasteiger partial charge >= 0.3 is 11.9 Å². The van der Waals surface area contributed by atoms with Crippen molar-refractivity contribution in [1.29, 1.82) is 0 Å². The summed E-state index contributed by atoms with van der Waals surface area (Å²) in [7, 11) is 0. The van der Waals surface area contributed by atoms with Crippen molar-refractivity contribution < 1.29 is 19.4 Å². The van der Waals surface area contributed by atoms with E-state index in [0.717, 1.165) is 16.7 Å². The summed E-state index contributed by atoms with van der Waals surface area (Å²) in [6.07, 6.45) is 0.216. The lowest BCUT2D eigenvalue weighted by Gasteiger charge is -2.36. The van der Waals surface area contributed by atoms with Crippen LogP contribution in [0.1, 0.15) is 48.6 Å². The minimum Gasteiger partial charge on any atom is -0.480 e. The number of nitrogens with one attached hydrogen (secondary N) is 1. The predicted molar refractivity (Wildman–Crippen MR) is 141 cm³/mol. The van der Waals surface area contributed by atoms with Gasteiger partial charge in [0.25, 0.3) is 0 Å². The number of aliphatic carboxylic acids is 1. The van der Waals surface area contributed by atoms with Crippen LogP contribution in [-0.2, 0) is 19.9 Å². The average Bonchev–Trinajstić information content (AvgIpc) is 3.36. The first kappa shape index (κ1) is 25.1. The maximum Gasteiger partial charge on any atom is 0.326 e. The molecule has 1 heterocycles. The third-order valence-electron chi connectivity index (χ3n) is 6.11. The van der Waals surface area contributed by atoms with E-state index in [2.05, 4.69) is 10.3 Å². The van der Waals surface area contributed by atoms with Crippen LogP contribution in [0.25, 0.3) is 0 Å². The smallest absolute Gasteiger partial charge is 0.326 e. The Kier molecular flexibility index (Phi) is 7.80. The Morgan fingerprint density at radius 2 is 1.39 bits per heavy atom. The van der Waals surface area contributed by atoms with E-state index in [9.17, 15) is 14.7 Å². The van der Waals surface area contributed by atoms with Gasteiger partial charge in [-0.25, -0.2) is 4.98 Å². The van der Waals surface area contributed by atoms with Gasteiger partial charge in [0, 0.05) is 5.38 Å². The van der Waals surface area contributed by atoms with E-state index < -0.39 is 23.4 Å². The Labute approximate surface area is 214 Å². The van der Waals surface area contributed by atoms with Crippen molar-refractivity contribution in [3.05, 3.63) is 119 Å². The molecule has 0 saturated heterocycles. The zero-order valence-corrected chi connectivity index (χ0v) is 20.9. The molecule has 0 fully saturated rings. The molecule has 0 bridgehead atoms. The van der Waals surface area contributed by atoms with Crippen LogP contribution >= 0.6 is 11.3 Å². The van der Waals surface area contributed by atoms with Gasteiger partial charge in [-0.3, -0.25) is 9.59 Å². The van der Waals surface area contributed by atoms with Crippen LogP contribution in [0.2, 0.25) is 0 Å². The number of rotatable bonds is 10. The highest BCUT2D eigenvalue weighted by Gasteiger charge is 2.38. The normalized spacial score (nSPS) is 12.9. The van der Waals surface area contributed by atoms with Gasteiger partial charge in [-0.15, -0.1) is 11.3 Å². The lowest BCUT2D eigenvalue weighted by molar-refractivity contribution is -0.157. The lowest BCUT2D eigenvalue weighted by Crippen LogP contribution is -2.38. The molecule has 2 unspecified atom stereocenters. The number of hydrogen-bond donors (Lipinski definition) is 2. The van der Waals surface area contributed by atoms with Crippen LogP contribution < -0.4 is 5.32 Å². The fraction of sp³-hybridized carbons (Fsp3) is 0.207. The number of carboxylic acid groups (broad SMARTS) is 1. The van der Waals surface area contributed by atoms with Crippen molar-refractivity contribution in [2.24, 2.45) is 0 Å². The molecule has 7 heteroatoms. The molecule has 0 radical (unpaired) electrons. The zero-order valence-electron chi connectivity index (χ0n) is 20.1. The molecule has 3 aromatic carbocycles. The number of esters is 1. The number of hydrogen-bond acceptors (Lipinski definition) is 6. The first-order chi connectivity index (χ1) is 17.5. The second kappa shape index (κ2) is 11.2. The summed E-state index contributed by atoms with van der Waals surface area (Å²) in [6.45, 7) is 3.60. The number of thiazole rings is 1. The molecule has 0 amide bonds. The summed E-state index contributed by atoms with van der Waals surface area (Å²) in [5.41, 5.74) is 2.31. The first-order valence-corrected chi connectivity index (χ1v) is 12.7. The summed E-state index contributed by atoms with van der Waals surface area (Å²) in [5, 5.41) is 15.5. The quantitative estimate of drug-likeness (QED) is 0.156. The molecular weight excluding hydrogens is 472 g/mol. The highest BCUT2D eigenvalue weighted by molar-refractivity contribution is 7.13. The van der Waals surface area contributed by atoms with E-state index in [1.165, 1.54) is 11.3 Å². The number of carboxylic acids is 1. The van der Waals surface area contributed by atoms with E-state index in [4.69, 9.17) is 4.74 Å². The van der Waals surface area contributed by atoms with Crippen LogP contribution in [0.4, 0.5) is 5.13 Å². The number of nitrogens with zero attached hydrogens (tertiary/aromatic N) is 1. The molecule has 0 spiro atoms. The summed E-state index contributed by atoms with van der Waals surface area (Å²) < 4.78 is 5.32. The van der Waals surface area contributed by atoms with E-state index in [0.29, 0.717) is 11.6 Å². The number of ether oxygens (including phenoxy) is 1. The lowest BCUT2D eigenvalue weighted by atomic mass is 9.77. The molecule has 0 aliphatic carbocycles. The van der Waals surface area contributed by atoms with E-state index in [1.807, 2.05) is 97.9 Å². The Morgan fingerprint density at radius 1 is 0.917 bits per heavy atom. The van der Waals surface area contributed by atoms with Crippen molar-refractivity contribution in [3.8, 4) is 0 Å². The van der Waals surface area contributed by atoms with Gasteiger partial charge in [0.15, 0.2) is 11.0 Å². The van der Waals surface area contributed by atoms with Crippen molar-refractivity contribution in [2.75, 3.05) is 5.32 Å². The third kappa shape index (κ3) is 5.16. The van der Waals surface area contributed by atoms with Crippen LogP contribution in [0, 0.1) is 0 Å². The minimum absolute atomic E-state index is 0.145. The van der Waals surface area contributed by atoms with Crippen LogP contribution in [0.3, 0.4) is 0 Å². The SMILES string of the molecule is CCC(C)OC(=O)C(C(=O)O)c1csc(NC(c2ccccc2)(c2ccccc2)c2ccccc2)n1. The maximum absolute atomic E-state index is 12.7. The predicted octanol–water partition coefficient (Wildman–Crippen LogP) is 6.06. The topological polar surface area (TPSA) is 88.5 Å². The molecular formula is C29H28N2O4S. The van der Waals surface area contributed by atoms with Crippen molar-refractivity contribution in [3.63, 3.8) is 0 Å². The number of carbonyl (C=O) groups is 2. The monoisotopic (exact) mass is 500 g/mol. The molecule has 2 N–H and O–H groups in total. The molecule has 184 valence electrons. The van der Waals surface area contributed by atoms with Gasteiger partial charge < -0.3 is 15.2 Å². The van der Waals surface area contributed by atoms with Gasteiger partial charge in [-0.1, -0.05) is 97.9 Å². The van der Waals surface area contributed by atoms with Crippen molar-refractivity contribution in [2.45, 2.75) is 37.8 Å². The van der Waals surface area contributed by atoms with Crippen molar-refractivity contribution >= 4 is 28.4 Å². The van der Waals surface area contributed by atoms with E-state index >= 15 is 0 Å². The third-order valence-corrected chi connectivity index (χ3v) is 6.88. The maximum atomic E-state index is 12.7.